The van der Waals surface area contributed by atoms with E-state index in [2.05, 4.69) is 15.6 Å². The zero-order valence-corrected chi connectivity index (χ0v) is 13.9. The molecule has 1 aromatic carbocycles. The maximum Gasteiger partial charge on any atom is 0.321 e. The summed E-state index contributed by atoms with van der Waals surface area (Å²) >= 11 is 0. The molecule has 0 aliphatic carbocycles. The molecule has 23 heavy (non-hydrogen) atoms. The molecule has 2 aromatic rings. The number of amides is 3. The molecule has 2 rings (SSSR count). The number of para-hydroxylation sites is 1. The second-order valence-corrected chi connectivity index (χ2v) is 5.60. The summed E-state index contributed by atoms with van der Waals surface area (Å²) < 4.78 is 0. The minimum absolute atomic E-state index is 0.0976. The highest BCUT2D eigenvalue weighted by atomic mass is 16.2. The second kappa shape index (κ2) is 7.09. The Morgan fingerprint density at radius 3 is 2.70 bits per heavy atom. The van der Waals surface area contributed by atoms with E-state index in [-0.39, 0.29) is 24.4 Å². The van der Waals surface area contributed by atoms with E-state index in [9.17, 15) is 9.59 Å². The molecule has 1 heterocycles. The van der Waals surface area contributed by atoms with Crippen LogP contribution >= 0.6 is 0 Å². The first-order valence-electron chi connectivity index (χ1n) is 7.53. The summed E-state index contributed by atoms with van der Waals surface area (Å²) in [5.41, 5.74) is 2.31. The number of hydrogen-bond donors (Lipinski definition) is 2. The van der Waals surface area contributed by atoms with Crippen molar-refractivity contribution in [1.29, 1.82) is 0 Å². The van der Waals surface area contributed by atoms with Crippen molar-refractivity contribution in [3.8, 4) is 0 Å². The minimum atomic E-state index is -0.266. The smallest absolute Gasteiger partial charge is 0.321 e. The fourth-order valence-corrected chi connectivity index (χ4v) is 2.26. The number of aromatic nitrogens is 1. The number of carbonyl (C=O) groups is 2. The van der Waals surface area contributed by atoms with Gasteiger partial charge in [0.2, 0.25) is 5.91 Å². The summed E-state index contributed by atoms with van der Waals surface area (Å²) in [7, 11) is 3.26. The van der Waals surface area contributed by atoms with Gasteiger partial charge in [0.05, 0.1) is 11.2 Å². The number of hydrogen-bond acceptors (Lipinski definition) is 3. The van der Waals surface area contributed by atoms with Crippen molar-refractivity contribution in [2.75, 3.05) is 19.4 Å². The number of nitrogens with zero attached hydrogens (tertiary/aromatic N) is 2. The van der Waals surface area contributed by atoms with Gasteiger partial charge in [0.15, 0.2) is 0 Å². The van der Waals surface area contributed by atoms with Crippen molar-refractivity contribution in [3.05, 3.63) is 36.0 Å². The van der Waals surface area contributed by atoms with Crippen LogP contribution in [0.1, 0.15) is 19.0 Å². The summed E-state index contributed by atoms with van der Waals surface area (Å²) in [6, 6.07) is 9.09. The molecule has 0 saturated heterocycles. The molecule has 0 fully saturated rings. The first-order valence-corrected chi connectivity index (χ1v) is 7.53. The Morgan fingerprint density at radius 2 is 2.00 bits per heavy atom. The summed E-state index contributed by atoms with van der Waals surface area (Å²) in [5.74, 6) is -0.0976. The maximum absolute atomic E-state index is 12.4. The first kappa shape index (κ1) is 16.7. The predicted octanol–water partition coefficient (Wildman–Crippen LogP) is 2.53. The fourth-order valence-electron chi connectivity index (χ4n) is 2.26. The molecule has 0 bridgehead atoms. The predicted molar refractivity (Wildman–Crippen MR) is 91.4 cm³/mol. The first-order chi connectivity index (χ1) is 10.9. The van der Waals surface area contributed by atoms with Crippen molar-refractivity contribution in [1.82, 2.24) is 15.2 Å². The lowest BCUT2D eigenvalue weighted by molar-refractivity contribution is -0.121. The highest BCUT2D eigenvalue weighted by molar-refractivity contribution is 5.99. The van der Waals surface area contributed by atoms with Crippen molar-refractivity contribution >= 4 is 28.5 Å². The van der Waals surface area contributed by atoms with Gasteiger partial charge in [-0.2, -0.15) is 0 Å². The van der Waals surface area contributed by atoms with Gasteiger partial charge in [-0.3, -0.25) is 9.78 Å². The molecule has 1 atom stereocenters. The minimum Gasteiger partial charge on any atom is -0.359 e. The third-order valence-corrected chi connectivity index (χ3v) is 3.84. The van der Waals surface area contributed by atoms with Crippen LogP contribution in [0.4, 0.5) is 10.5 Å². The van der Waals surface area contributed by atoms with Gasteiger partial charge in [-0.25, -0.2) is 4.79 Å². The van der Waals surface area contributed by atoms with Crippen LogP contribution in [0, 0.1) is 6.92 Å². The molecule has 0 saturated carbocycles. The number of urea groups is 1. The Labute approximate surface area is 135 Å². The van der Waals surface area contributed by atoms with E-state index in [1.54, 1.807) is 14.1 Å². The van der Waals surface area contributed by atoms with Crippen LogP contribution in [-0.2, 0) is 4.79 Å². The van der Waals surface area contributed by atoms with Gasteiger partial charge in [-0.05, 0) is 26.0 Å². The SMILES string of the molecule is CNC(=O)C[C@@H](C)N(C)C(=O)Nc1cccc2ccc(C)nc12. The third kappa shape index (κ3) is 3.97. The molecule has 6 nitrogen and oxygen atoms in total. The van der Waals surface area contributed by atoms with Crippen LogP contribution in [0.3, 0.4) is 0 Å². The second-order valence-electron chi connectivity index (χ2n) is 5.60. The maximum atomic E-state index is 12.4. The standard InChI is InChI=1S/C17H22N4O2/c1-11-8-9-13-6-5-7-14(16(13)19-11)20-17(23)21(4)12(2)10-15(22)18-3/h5-9,12H,10H2,1-4H3,(H,18,22)(H,20,23)/t12-/m1/s1. The average Bonchev–Trinajstić information content (AvgIpc) is 2.54. The van der Waals surface area contributed by atoms with Crippen LogP contribution in [0.2, 0.25) is 0 Å². The van der Waals surface area contributed by atoms with Crippen molar-refractivity contribution < 1.29 is 9.59 Å². The molecular weight excluding hydrogens is 292 g/mol. The molecule has 0 unspecified atom stereocenters. The van der Waals surface area contributed by atoms with Crippen molar-refractivity contribution in [2.24, 2.45) is 0 Å². The number of benzene rings is 1. The molecule has 3 amide bonds. The molecule has 122 valence electrons. The lowest BCUT2D eigenvalue weighted by Gasteiger charge is -2.24. The van der Waals surface area contributed by atoms with Gasteiger partial charge in [0.1, 0.15) is 0 Å². The van der Waals surface area contributed by atoms with Gasteiger partial charge in [-0.15, -0.1) is 0 Å². The topological polar surface area (TPSA) is 74.3 Å². The lowest BCUT2D eigenvalue weighted by atomic mass is 10.1. The summed E-state index contributed by atoms with van der Waals surface area (Å²) in [5, 5.41) is 6.41. The molecule has 0 spiro atoms. The van der Waals surface area contributed by atoms with Crippen LogP contribution in [0.15, 0.2) is 30.3 Å². The van der Waals surface area contributed by atoms with Crippen molar-refractivity contribution in [3.63, 3.8) is 0 Å². The quantitative estimate of drug-likeness (QED) is 0.910. The molecule has 2 N–H and O–H groups in total. The van der Waals surface area contributed by atoms with E-state index in [1.807, 2.05) is 44.2 Å². The van der Waals surface area contributed by atoms with Gasteiger partial charge in [0.25, 0.3) is 0 Å². The van der Waals surface area contributed by atoms with E-state index in [4.69, 9.17) is 0 Å². The van der Waals surface area contributed by atoms with Gasteiger partial charge >= 0.3 is 6.03 Å². The molecule has 0 aliphatic heterocycles. The Bertz CT molecular complexity index is 730. The Kier molecular flexibility index (Phi) is 5.16. The molecule has 1 aromatic heterocycles. The number of pyridine rings is 1. The largest absolute Gasteiger partial charge is 0.359 e. The van der Waals surface area contributed by atoms with E-state index in [0.717, 1.165) is 16.6 Å². The Hall–Kier alpha value is -2.63. The zero-order chi connectivity index (χ0) is 17.0. The van der Waals surface area contributed by atoms with Crippen molar-refractivity contribution in [2.45, 2.75) is 26.3 Å². The molecule has 6 heteroatoms. The van der Waals surface area contributed by atoms with Gasteiger partial charge < -0.3 is 15.5 Å². The highest BCUT2D eigenvalue weighted by Gasteiger charge is 2.19. The van der Waals surface area contributed by atoms with E-state index in [1.165, 1.54) is 4.90 Å². The lowest BCUT2D eigenvalue weighted by Crippen LogP contribution is -2.40. The number of carbonyl (C=O) groups excluding carboxylic acids is 2. The third-order valence-electron chi connectivity index (χ3n) is 3.84. The molecule has 0 radical (unpaired) electrons. The molecule has 0 aliphatic rings. The van der Waals surface area contributed by atoms with E-state index in [0.29, 0.717) is 5.69 Å². The fraction of sp³-hybridized carbons (Fsp3) is 0.353. The number of aryl methyl sites for hydroxylation is 1. The zero-order valence-electron chi connectivity index (χ0n) is 13.9. The van der Waals surface area contributed by atoms with Crippen LogP contribution in [-0.4, -0.2) is 42.0 Å². The van der Waals surface area contributed by atoms with Crippen LogP contribution < -0.4 is 10.6 Å². The summed E-state index contributed by atoms with van der Waals surface area (Å²) in [4.78, 5) is 29.9. The van der Waals surface area contributed by atoms with Gasteiger partial charge in [0, 0.05) is 37.6 Å². The van der Waals surface area contributed by atoms with Gasteiger partial charge in [-0.1, -0.05) is 18.2 Å². The average molecular weight is 314 g/mol. The number of rotatable bonds is 4. The summed E-state index contributed by atoms with van der Waals surface area (Å²) in [6.45, 7) is 3.75. The normalized spacial score (nSPS) is 11.8. The number of fused-ring (bicyclic) bond motifs is 1. The monoisotopic (exact) mass is 314 g/mol. The van der Waals surface area contributed by atoms with E-state index >= 15 is 0 Å². The Balaban J connectivity index is 2.17. The molecular formula is C17H22N4O2. The Morgan fingerprint density at radius 1 is 1.26 bits per heavy atom. The number of nitrogens with one attached hydrogen (secondary N) is 2. The highest BCUT2D eigenvalue weighted by Crippen LogP contribution is 2.22. The summed E-state index contributed by atoms with van der Waals surface area (Å²) in [6.07, 6.45) is 0.257. The van der Waals surface area contributed by atoms with E-state index < -0.39 is 0 Å². The number of anilines is 1. The van der Waals surface area contributed by atoms with Crippen LogP contribution in [0.5, 0.6) is 0 Å². The van der Waals surface area contributed by atoms with Crippen LogP contribution in [0.25, 0.3) is 10.9 Å².